The van der Waals surface area contributed by atoms with Gasteiger partial charge in [-0.3, -0.25) is 9.00 Å². The van der Waals surface area contributed by atoms with Crippen LogP contribution in [0.5, 0.6) is 0 Å². The Morgan fingerprint density at radius 3 is 2.38 bits per heavy atom. The van der Waals surface area contributed by atoms with Gasteiger partial charge < -0.3 is 15.3 Å². The van der Waals surface area contributed by atoms with Crippen LogP contribution >= 0.6 is 0 Å². The maximum atomic E-state index is 12.3. The molecule has 0 radical (unpaired) electrons. The first-order valence-electron chi connectivity index (χ1n) is 8.16. The van der Waals surface area contributed by atoms with Gasteiger partial charge in [0.2, 0.25) is 0 Å². The highest BCUT2D eigenvalue weighted by molar-refractivity contribution is 7.83. The second-order valence-electron chi connectivity index (χ2n) is 5.91. The third kappa shape index (κ3) is 6.68. The summed E-state index contributed by atoms with van der Waals surface area (Å²) in [5, 5.41) is 11.4. The minimum absolute atomic E-state index is 0.109. The van der Waals surface area contributed by atoms with Crippen LogP contribution in [0.2, 0.25) is 0 Å². The van der Waals surface area contributed by atoms with Crippen LogP contribution in [0.4, 0.5) is 10.5 Å². The summed E-state index contributed by atoms with van der Waals surface area (Å²) in [5.74, 6) is -0.0736. The summed E-state index contributed by atoms with van der Waals surface area (Å²) >= 11 is 0. The molecule has 0 aliphatic heterocycles. The van der Waals surface area contributed by atoms with Gasteiger partial charge in [0.1, 0.15) is 0 Å². The summed E-state index contributed by atoms with van der Waals surface area (Å²) in [5.41, 5.74) is 2.48. The molecule has 26 heavy (non-hydrogen) atoms. The third-order valence-corrected chi connectivity index (χ3v) is 4.99. The molecular weight excluding hydrogens is 352 g/mol. The second-order valence-corrected chi connectivity index (χ2v) is 7.37. The van der Waals surface area contributed by atoms with Crippen LogP contribution in [-0.2, 0) is 27.1 Å². The average Bonchev–Trinajstić information content (AvgIpc) is 2.60. The Hall–Kier alpha value is -2.67. The minimum atomic E-state index is -1.05. The van der Waals surface area contributed by atoms with Gasteiger partial charge in [0, 0.05) is 41.6 Å². The standard InChI is InChI=1S/C19H22N2O4S/c1-21(11-10-18(22)23)19(24)20-17-9-5-8-16(12-17)14-26(25)13-15-6-3-2-4-7-15/h2-9,12H,10-11,13-14H2,1H3,(H,20,24)(H,22,23). The van der Waals surface area contributed by atoms with Crippen LogP contribution < -0.4 is 5.32 Å². The summed E-state index contributed by atoms with van der Waals surface area (Å²) in [4.78, 5) is 24.0. The number of aliphatic carboxylic acids is 1. The number of amides is 2. The molecule has 0 aromatic heterocycles. The van der Waals surface area contributed by atoms with Gasteiger partial charge in [0.25, 0.3) is 0 Å². The highest BCUT2D eigenvalue weighted by Gasteiger charge is 2.11. The fraction of sp³-hybridized carbons (Fsp3) is 0.263. The quantitative estimate of drug-likeness (QED) is 0.743. The highest BCUT2D eigenvalue weighted by atomic mass is 32.2. The van der Waals surface area contributed by atoms with Crippen LogP contribution in [0.3, 0.4) is 0 Å². The predicted molar refractivity (Wildman–Crippen MR) is 102 cm³/mol. The molecule has 1 atom stereocenters. The largest absolute Gasteiger partial charge is 0.481 e. The molecule has 0 fully saturated rings. The zero-order chi connectivity index (χ0) is 18.9. The number of carbonyl (C=O) groups is 2. The van der Waals surface area contributed by atoms with E-state index in [-0.39, 0.29) is 19.0 Å². The Morgan fingerprint density at radius 2 is 1.69 bits per heavy atom. The number of rotatable bonds is 8. The summed E-state index contributed by atoms with van der Waals surface area (Å²) in [6, 6.07) is 16.5. The van der Waals surface area contributed by atoms with Gasteiger partial charge in [0.05, 0.1) is 6.42 Å². The predicted octanol–water partition coefficient (Wildman–Crippen LogP) is 3.07. The minimum Gasteiger partial charge on any atom is -0.481 e. The van der Waals surface area contributed by atoms with E-state index in [9.17, 15) is 13.8 Å². The Morgan fingerprint density at radius 1 is 1.04 bits per heavy atom. The molecule has 0 saturated carbocycles. The van der Waals surface area contributed by atoms with E-state index >= 15 is 0 Å². The third-order valence-electron chi connectivity index (χ3n) is 3.68. The average molecular weight is 374 g/mol. The first-order chi connectivity index (χ1) is 12.4. The molecular formula is C19H22N2O4S. The van der Waals surface area contributed by atoms with Crippen LogP contribution in [0.15, 0.2) is 54.6 Å². The van der Waals surface area contributed by atoms with Crippen molar-refractivity contribution in [1.29, 1.82) is 0 Å². The first kappa shape index (κ1) is 19.7. The molecule has 2 rings (SSSR count). The van der Waals surface area contributed by atoms with Gasteiger partial charge in [-0.15, -0.1) is 0 Å². The number of anilines is 1. The molecule has 0 spiro atoms. The number of urea groups is 1. The van der Waals surface area contributed by atoms with Crippen molar-refractivity contribution in [3.8, 4) is 0 Å². The number of benzene rings is 2. The normalized spacial score (nSPS) is 11.6. The fourth-order valence-corrected chi connectivity index (χ4v) is 3.54. The SMILES string of the molecule is CN(CCC(=O)O)C(=O)Nc1cccc(CS(=O)Cc2ccccc2)c1. The molecule has 2 aromatic rings. The molecule has 138 valence electrons. The highest BCUT2D eigenvalue weighted by Crippen LogP contribution is 2.15. The zero-order valence-electron chi connectivity index (χ0n) is 14.6. The molecule has 0 aliphatic rings. The van der Waals surface area contributed by atoms with Crippen molar-refractivity contribution in [1.82, 2.24) is 4.90 Å². The maximum Gasteiger partial charge on any atom is 0.321 e. The van der Waals surface area contributed by atoms with Crippen molar-refractivity contribution in [3.05, 3.63) is 65.7 Å². The van der Waals surface area contributed by atoms with Gasteiger partial charge in [-0.25, -0.2) is 4.79 Å². The molecule has 0 bridgehead atoms. The number of hydrogen-bond acceptors (Lipinski definition) is 3. The van der Waals surface area contributed by atoms with Crippen molar-refractivity contribution < 1.29 is 18.9 Å². The van der Waals surface area contributed by atoms with E-state index in [0.717, 1.165) is 11.1 Å². The Bertz CT molecular complexity index is 780. The molecule has 6 nitrogen and oxygen atoms in total. The lowest BCUT2D eigenvalue weighted by Gasteiger charge is -2.17. The van der Waals surface area contributed by atoms with Crippen LogP contribution in [0.1, 0.15) is 17.5 Å². The van der Waals surface area contributed by atoms with Crippen LogP contribution in [0.25, 0.3) is 0 Å². The van der Waals surface area contributed by atoms with Gasteiger partial charge in [0.15, 0.2) is 0 Å². The van der Waals surface area contributed by atoms with E-state index in [1.54, 1.807) is 18.2 Å². The maximum absolute atomic E-state index is 12.3. The van der Waals surface area contributed by atoms with Gasteiger partial charge in [-0.05, 0) is 23.3 Å². The van der Waals surface area contributed by atoms with E-state index in [4.69, 9.17) is 5.11 Å². The van der Waals surface area contributed by atoms with E-state index < -0.39 is 16.8 Å². The molecule has 2 aromatic carbocycles. The van der Waals surface area contributed by atoms with Crippen molar-refractivity contribution in [2.75, 3.05) is 18.9 Å². The lowest BCUT2D eigenvalue weighted by Crippen LogP contribution is -2.33. The number of carboxylic acid groups (broad SMARTS) is 1. The van der Waals surface area contributed by atoms with Crippen LogP contribution in [0, 0.1) is 0 Å². The molecule has 0 saturated heterocycles. The molecule has 2 amide bonds. The van der Waals surface area contributed by atoms with Crippen molar-refractivity contribution in [3.63, 3.8) is 0 Å². The topological polar surface area (TPSA) is 86.7 Å². The number of carbonyl (C=O) groups excluding carboxylic acids is 1. The second kappa shape index (κ2) is 9.72. The lowest BCUT2D eigenvalue weighted by atomic mass is 10.2. The van der Waals surface area contributed by atoms with Crippen molar-refractivity contribution in [2.45, 2.75) is 17.9 Å². The van der Waals surface area contributed by atoms with E-state index in [1.807, 2.05) is 36.4 Å². The Balaban J connectivity index is 1.91. The summed E-state index contributed by atoms with van der Waals surface area (Å²) in [6.07, 6.45) is -0.109. The Labute approximate surface area is 155 Å². The van der Waals surface area contributed by atoms with E-state index in [2.05, 4.69) is 5.32 Å². The number of hydrogen-bond donors (Lipinski definition) is 2. The summed E-state index contributed by atoms with van der Waals surface area (Å²) in [6.45, 7) is 0.127. The van der Waals surface area contributed by atoms with Crippen molar-refractivity contribution >= 4 is 28.5 Å². The smallest absolute Gasteiger partial charge is 0.321 e. The molecule has 7 heteroatoms. The first-order valence-corrected chi connectivity index (χ1v) is 9.64. The molecule has 0 heterocycles. The molecule has 1 unspecified atom stereocenters. The zero-order valence-corrected chi connectivity index (χ0v) is 15.4. The number of carboxylic acids is 1. The lowest BCUT2D eigenvalue weighted by molar-refractivity contribution is -0.137. The van der Waals surface area contributed by atoms with E-state index in [0.29, 0.717) is 17.2 Å². The summed E-state index contributed by atoms with van der Waals surface area (Å²) in [7, 11) is 0.490. The number of nitrogens with one attached hydrogen (secondary N) is 1. The molecule has 0 aliphatic carbocycles. The van der Waals surface area contributed by atoms with Crippen LogP contribution in [-0.4, -0.2) is 39.8 Å². The monoisotopic (exact) mass is 374 g/mol. The van der Waals surface area contributed by atoms with Gasteiger partial charge in [-0.2, -0.15) is 0 Å². The van der Waals surface area contributed by atoms with E-state index in [1.165, 1.54) is 11.9 Å². The Kier molecular flexibility index (Phi) is 7.35. The van der Waals surface area contributed by atoms with Gasteiger partial charge in [-0.1, -0.05) is 42.5 Å². The summed E-state index contributed by atoms with van der Waals surface area (Å²) < 4.78 is 12.3. The number of nitrogens with zero attached hydrogens (tertiary/aromatic N) is 1. The fourth-order valence-electron chi connectivity index (χ4n) is 2.32. The van der Waals surface area contributed by atoms with Crippen molar-refractivity contribution in [2.24, 2.45) is 0 Å². The van der Waals surface area contributed by atoms with Gasteiger partial charge >= 0.3 is 12.0 Å². The molecule has 2 N–H and O–H groups in total.